The zero-order valence-corrected chi connectivity index (χ0v) is 15.4. The average molecular weight is 386 g/mol. The Kier molecular flexibility index (Phi) is 5.06. The van der Waals surface area contributed by atoms with E-state index in [1.807, 2.05) is 0 Å². The number of aromatic nitrogens is 1. The first-order chi connectivity index (χ1) is 11.8. The molecule has 1 aromatic heterocycles. The summed E-state index contributed by atoms with van der Waals surface area (Å²) in [4.78, 5) is 14.4. The predicted molar refractivity (Wildman–Crippen MR) is 95.2 cm³/mol. The Labute approximate surface area is 151 Å². The molecule has 1 aliphatic heterocycles. The number of hydrogen-bond donors (Lipinski definition) is 2. The van der Waals surface area contributed by atoms with Crippen molar-refractivity contribution < 1.29 is 17.9 Å². The lowest BCUT2D eigenvalue weighted by Gasteiger charge is -2.27. The van der Waals surface area contributed by atoms with Gasteiger partial charge in [-0.05, 0) is 37.5 Å². The van der Waals surface area contributed by atoms with Crippen LogP contribution in [0.2, 0.25) is 5.02 Å². The minimum atomic E-state index is -3.95. The van der Waals surface area contributed by atoms with Gasteiger partial charge in [0, 0.05) is 36.1 Å². The van der Waals surface area contributed by atoms with E-state index in [4.69, 9.17) is 22.1 Å². The Hall–Kier alpha value is -1.61. The van der Waals surface area contributed by atoms with E-state index in [2.05, 4.69) is 4.98 Å². The maximum Gasteiger partial charge on any atom is 0.266 e. The molecule has 0 bridgehead atoms. The van der Waals surface area contributed by atoms with Crippen molar-refractivity contribution in [1.82, 2.24) is 9.29 Å². The number of sulfonamides is 1. The van der Waals surface area contributed by atoms with Crippen molar-refractivity contribution in [2.75, 3.05) is 20.2 Å². The average Bonchev–Trinajstić information content (AvgIpc) is 2.95. The number of carbonyl (C=O) groups excluding carboxylic acids is 1. The summed E-state index contributed by atoms with van der Waals surface area (Å²) in [5.41, 5.74) is 5.73. The van der Waals surface area contributed by atoms with Crippen molar-refractivity contribution >= 4 is 38.4 Å². The number of aromatic amines is 1. The van der Waals surface area contributed by atoms with E-state index < -0.39 is 15.9 Å². The molecule has 1 amide bonds. The van der Waals surface area contributed by atoms with Crippen LogP contribution in [0, 0.1) is 0 Å². The van der Waals surface area contributed by atoms with Crippen LogP contribution in [0.1, 0.15) is 29.8 Å². The van der Waals surface area contributed by atoms with Crippen molar-refractivity contribution in [2.24, 2.45) is 5.73 Å². The minimum Gasteiger partial charge on any atom is -0.377 e. The Balaban J connectivity index is 2.04. The molecular formula is C16H20ClN3O4S. The number of benzene rings is 1. The summed E-state index contributed by atoms with van der Waals surface area (Å²) in [6.07, 6.45) is 2.65. The maximum absolute atomic E-state index is 13.1. The van der Waals surface area contributed by atoms with Gasteiger partial charge in [0.25, 0.3) is 5.91 Å². The smallest absolute Gasteiger partial charge is 0.266 e. The van der Waals surface area contributed by atoms with Gasteiger partial charge in [-0.1, -0.05) is 11.6 Å². The number of fused-ring (bicyclic) bond motifs is 1. The number of H-pyrrole nitrogens is 1. The largest absolute Gasteiger partial charge is 0.377 e. The van der Waals surface area contributed by atoms with Crippen molar-refractivity contribution in [3.63, 3.8) is 0 Å². The lowest BCUT2D eigenvalue weighted by atomic mass is 10.1. The maximum atomic E-state index is 13.1. The van der Waals surface area contributed by atoms with Crippen molar-refractivity contribution in [3.05, 3.63) is 28.9 Å². The summed E-state index contributed by atoms with van der Waals surface area (Å²) in [6.45, 7) is 0.849. The van der Waals surface area contributed by atoms with E-state index >= 15 is 0 Å². The number of carbonyl (C=O) groups is 1. The molecule has 0 aliphatic carbocycles. The number of ether oxygens (including phenoxy) is 1. The molecule has 3 N–H and O–H groups in total. The molecule has 9 heteroatoms. The molecule has 0 radical (unpaired) electrons. The monoisotopic (exact) mass is 385 g/mol. The van der Waals surface area contributed by atoms with Crippen LogP contribution in [0.15, 0.2) is 23.1 Å². The minimum absolute atomic E-state index is 0.143. The van der Waals surface area contributed by atoms with Gasteiger partial charge in [0.15, 0.2) is 0 Å². The molecule has 1 aliphatic rings. The van der Waals surface area contributed by atoms with Crippen LogP contribution < -0.4 is 5.73 Å². The van der Waals surface area contributed by atoms with Gasteiger partial charge in [0.05, 0.1) is 6.10 Å². The summed E-state index contributed by atoms with van der Waals surface area (Å²) >= 11 is 6.01. The van der Waals surface area contributed by atoms with Gasteiger partial charge in [-0.15, -0.1) is 0 Å². The highest BCUT2D eigenvalue weighted by molar-refractivity contribution is 7.89. The molecule has 1 unspecified atom stereocenters. The van der Waals surface area contributed by atoms with Crippen LogP contribution in [-0.2, 0) is 14.8 Å². The highest BCUT2D eigenvalue weighted by atomic mass is 35.5. The van der Waals surface area contributed by atoms with Crippen molar-refractivity contribution in [3.8, 4) is 0 Å². The number of halogens is 1. The Bertz CT molecular complexity index is 903. The molecule has 1 saturated heterocycles. The van der Waals surface area contributed by atoms with Gasteiger partial charge in [0.1, 0.15) is 10.6 Å². The summed E-state index contributed by atoms with van der Waals surface area (Å²) in [5.74, 6) is -0.840. The van der Waals surface area contributed by atoms with Gasteiger partial charge in [-0.3, -0.25) is 4.79 Å². The fourth-order valence-corrected chi connectivity index (χ4v) is 4.78. The van der Waals surface area contributed by atoms with Crippen LogP contribution in [0.3, 0.4) is 0 Å². The molecule has 0 saturated carbocycles. The van der Waals surface area contributed by atoms with E-state index in [0.29, 0.717) is 22.5 Å². The lowest BCUT2D eigenvalue weighted by Crippen LogP contribution is -2.37. The molecule has 3 rings (SSSR count). The summed E-state index contributed by atoms with van der Waals surface area (Å²) in [6, 6.07) is 4.74. The zero-order chi connectivity index (χ0) is 18.2. The first-order valence-electron chi connectivity index (χ1n) is 7.99. The van der Waals surface area contributed by atoms with Gasteiger partial charge in [0.2, 0.25) is 10.0 Å². The third-order valence-corrected chi connectivity index (χ3v) is 6.51. The van der Waals surface area contributed by atoms with Crippen LogP contribution in [-0.4, -0.2) is 49.9 Å². The fraction of sp³-hybridized carbons (Fsp3) is 0.438. The third-order valence-electron chi connectivity index (χ3n) is 4.36. The van der Waals surface area contributed by atoms with Crippen LogP contribution >= 0.6 is 11.6 Å². The molecule has 1 aromatic carbocycles. The summed E-state index contributed by atoms with van der Waals surface area (Å²) in [5, 5.41) is 0.718. The molecule has 2 aromatic rings. The van der Waals surface area contributed by atoms with E-state index in [0.717, 1.165) is 19.3 Å². The number of likely N-dealkylation sites (N-methyl/N-ethyl adjacent to an activating group) is 1. The summed E-state index contributed by atoms with van der Waals surface area (Å²) in [7, 11) is -2.48. The Morgan fingerprint density at radius 1 is 1.44 bits per heavy atom. The second-order valence-corrected chi connectivity index (χ2v) is 8.58. The first-order valence-corrected chi connectivity index (χ1v) is 9.81. The predicted octanol–water partition coefficient (Wildman–Crippen LogP) is 2.11. The molecule has 0 spiro atoms. The number of amides is 1. The number of nitrogens with zero attached hydrogens (tertiary/aromatic N) is 1. The molecule has 1 atom stereocenters. The van der Waals surface area contributed by atoms with Crippen LogP contribution in [0.5, 0.6) is 0 Å². The van der Waals surface area contributed by atoms with E-state index in [1.165, 1.54) is 17.4 Å². The number of rotatable bonds is 5. The van der Waals surface area contributed by atoms with Crippen molar-refractivity contribution in [1.29, 1.82) is 0 Å². The van der Waals surface area contributed by atoms with Crippen molar-refractivity contribution in [2.45, 2.75) is 30.3 Å². The number of nitrogens with two attached hydrogens (primary N) is 1. The van der Waals surface area contributed by atoms with Gasteiger partial charge < -0.3 is 15.5 Å². The molecule has 2 heterocycles. The molecular weight excluding hydrogens is 366 g/mol. The molecule has 1 fully saturated rings. The van der Waals surface area contributed by atoms with Gasteiger partial charge in [-0.25, -0.2) is 8.42 Å². The topological polar surface area (TPSA) is 105 Å². The Morgan fingerprint density at radius 2 is 2.20 bits per heavy atom. The fourth-order valence-electron chi connectivity index (χ4n) is 3.07. The number of nitrogens with one attached hydrogen (secondary N) is 1. The Morgan fingerprint density at radius 3 is 2.84 bits per heavy atom. The SMILES string of the molecule is CN(CC1CCCCO1)S(=O)(=O)c1c(C(N)=O)[nH]c2ccc(Cl)cc12. The zero-order valence-electron chi connectivity index (χ0n) is 13.8. The van der Waals surface area contributed by atoms with E-state index in [1.54, 1.807) is 12.1 Å². The van der Waals surface area contributed by atoms with Gasteiger partial charge >= 0.3 is 0 Å². The standard InChI is InChI=1S/C16H20ClN3O4S/c1-20(9-11-4-2-3-7-24-11)25(22,23)15-12-8-10(17)5-6-13(12)19-14(15)16(18)21/h5-6,8,11,19H,2-4,7,9H2,1H3,(H2,18,21). The van der Waals surface area contributed by atoms with E-state index in [-0.39, 0.29) is 23.2 Å². The lowest BCUT2D eigenvalue weighted by molar-refractivity contribution is 0.00859. The second-order valence-electron chi connectivity index (χ2n) is 6.16. The first kappa shape index (κ1) is 18.2. The van der Waals surface area contributed by atoms with E-state index in [9.17, 15) is 13.2 Å². The molecule has 25 heavy (non-hydrogen) atoms. The normalized spacial score (nSPS) is 18.8. The quantitative estimate of drug-likeness (QED) is 0.822. The second kappa shape index (κ2) is 6.95. The number of primary amides is 1. The van der Waals surface area contributed by atoms with Crippen LogP contribution in [0.4, 0.5) is 0 Å². The van der Waals surface area contributed by atoms with Gasteiger partial charge in [-0.2, -0.15) is 4.31 Å². The van der Waals surface area contributed by atoms with Crippen LogP contribution in [0.25, 0.3) is 10.9 Å². The highest BCUT2D eigenvalue weighted by Crippen LogP contribution is 2.31. The molecule has 136 valence electrons. The summed E-state index contributed by atoms with van der Waals surface area (Å²) < 4.78 is 33.1. The molecule has 7 nitrogen and oxygen atoms in total. The highest BCUT2D eigenvalue weighted by Gasteiger charge is 2.32. The number of hydrogen-bond acceptors (Lipinski definition) is 4. The third kappa shape index (κ3) is 3.52.